The Morgan fingerprint density at radius 3 is 1.91 bits per heavy atom. The fourth-order valence-corrected chi connectivity index (χ4v) is 7.45. The topological polar surface area (TPSA) is 0 Å². The molecule has 0 radical (unpaired) electrons. The molecule has 4 aromatic carbocycles. The van der Waals surface area contributed by atoms with Gasteiger partial charge in [0, 0.05) is 0 Å². The quantitative estimate of drug-likeness (QED) is 0.137. The van der Waals surface area contributed by atoms with Gasteiger partial charge < -0.3 is 0 Å². The SMILES string of the molecule is C=CCCC1=CCC(C(c2ccccc2)(c2ccccc2)c2c(C(C)(C)C)ccc3c2Cc2cc(C(C)(C)C)ccc2-3)=C1. The molecule has 0 N–H and O–H groups in total. The van der Waals surface area contributed by atoms with Crippen molar-refractivity contribution < 1.29 is 0 Å². The molecule has 4 aromatic rings. The molecule has 2 aliphatic carbocycles. The fourth-order valence-electron chi connectivity index (χ4n) is 7.45. The molecular formula is C43H46. The van der Waals surface area contributed by atoms with Crippen LogP contribution >= 0.6 is 0 Å². The van der Waals surface area contributed by atoms with Gasteiger partial charge in [0.1, 0.15) is 0 Å². The van der Waals surface area contributed by atoms with E-state index in [4.69, 9.17) is 0 Å². The number of hydrogen-bond acceptors (Lipinski definition) is 0. The number of benzene rings is 4. The van der Waals surface area contributed by atoms with Crippen molar-refractivity contribution in [2.75, 3.05) is 0 Å². The second-order valence-electron chi connectivity index (χ2n) is 14.5. The van der Waals surface area contributed by atoms with Crippen molar-refractivity contribution in [2.45, 2.75) is 83.5 Å². The summed E-state index contributed by atoms with van der Waals surface area (Å²) >= 11 is 0. The van der Waals surface area contributed by atoms with Gasteiger partial charge in [0.05, 0.1) is 5.41 Å². The van der Waals surface area contributed by atoms with Crippen molar-refractivity contribution in [3.63, 3.8) is 0 Å². The smallest absolute Gasteiger partial charge is 0.0673 e. The largest absolute Gasteiger partial charge is 0.103 e. The van der Waals surface area contributed by atoms with E-state index in [9.17, 15) is 0 Å². The fraction of sp³-hybridized carbons (Fsp3) is 0.302. The summed E-state index contributed by atoms with van der Waals surface area (Å²) in [5.74, 6) is 0. The van der Waals surface area contributed by atoms with Crippen LogP contribution in [0.4, 0.5) is 0 Å². The highest BCUT2D eigenvalue weighted by Crippen LogP contribution is 2.55. The van der Waals surface area contributed by atoms with E-state index in [2.05, 4.69) is 151 Å². The number of hydrogen-bond donors (Lipinski definition) is 0. The minimum Gasteiger partial charge on any atom is -0.103 e. The maximum absolute atomic E-state index is 4.00. The minimum absolute atomic E-state index is 0.0389. The molecule has 0 bridgehead atoms. The molecular weight excluding hydrogens is 516 g/mol. The molecule has 0 saturated carbocycles. The Labute approximate surface area is 259 Å². The Bertz CT molecular complexity index is 1670. The van der Waals surface area contributed by atoms with Crippen molar-refractivity contribution in [1.82, 2.24) is 0 Å². The van der Waals surface area contributed by atoms with Gasteiger partial charge in [0.25, 0.3) is 0 Å². The van der Waals surface area contributed by atoms with Crippen molar-refractivity contribution in [1.29, 1.82) is 0 Å². The molecule has 0 atom stereocenters. The van der Waals surface area contributed by atoms with Gasteiger partial charge in [0.2, 0.25) is 0 Å². The summed E-state index contributed by atoms with van der Waals surface area (Å²) in [6.45, 7) is 18.1. The van der Waals surface area contributed by atoms with Crippen LogP contribution in [0.25, 0.3) is 11.1 Å². The molecule has 0 aromatic heterocycles. The number of rotatable bonds is 7. The van der Waals surface area contributed by atoms with Crippen LogP contribution in [-0.4, -0.2) is 0 Å². The van der Waals surface area contributed by atoms with Crippen molar-refractivity contribution >= 4 is 0 Å². The Hall–Kier alpha value is -3.90. The van der Waals surface area contributed by atoms with E-state index in [1.54, 1.807) is 0 Å². The Morgan fingerprint density at radius 1 is 0.698 bits per heavy atom. The zero-order chi connectivity index (χ0) is 30.4. The summed E-state index contributed by atoms with van der Waals surface area (Å²) in [6, 6.07) is 34.7. The molecule has 218 valence electrons. The molecule has 0 spiro atoms. The summed E-state index contributed by atoms with van der Waals surface area (Å²) in [7, 11) is 0. The molecule has 0 heteroatoms. The van der Waals surface area contributed by atoms with Gasteiger partial charge in [-0.15, -0.1) is 6.58 Å². The molecule has 0 unspecified atom stereocenters. The Morgan fingerprint density at radius 2 is 1.33 bits per heavy atom. The predicted molar refractivity (Wildman–Crippen MR) is 185 cm³/mol. The van der Waals surface area contributed by atoms with Gasteiger partial charge in [-0.2, -0.15) is 0 Å². The third-order valence-corrected chi connectivity index (χ3v) is 9.60. The van der Waals surface area contributed by atoms with Crippen LogP contribution in [0.1, 0.15) is 99.7 Å². The maximum Gasteiger partial charge on any atom is 0.0673 e. The highest BCUT2D eigenvalue weighted by Gasteiger charge is 2.46. The van der Waals surface area contributed by atoms with E-state index in [-0.39, 0.29) is 10.8 Å². The average molecular weight is 563 g/mol. The summed E-state index contributed by atoms with van der Waals surface area (Å²) in [4.78, 5) is 0. The highest BCUT2D eigenvalue weighted by atomic mass is 14.5. The van der Waals surface area contributed by atoms with Crippen LogP contribution in [-0.2, 0) is 22.7 Å². The third kappa shape index (κ3) is 5.06. The van der Waals surface area contributed by atoms with Crippen LogP contribution in [0.2, 0.25) is 0 Å². The Balaban J connectivity index is 1.72. The summed E-state index contributed by atoms with van der Waals surface area (Å²) < 4.78 is 0. The molecule has 0 heterocycles. The van der Waals surface area contributed by atoms with Crippen molar-refractivity contribution in [3.8, 4) is 11.1 Å². The van der Waals surface area contributed by atoms with E-state index in [1.807, 2.05) is 6.08 Å². The first-order valence-electron chi connectivity index (χ1n) is 16.0. The van der Waals surface area contributed by atoms with Crippen molar-refractivity contribution in [2.24, 2.45) is 0 Å². The monoisotopic (exact) mass is 562 g/mol. The van der Waals surface area contributed by atoms with E-state index < -0.39 is 5.41 Å². The first-order valence-corrected chi connectivity index (χ1v) is 16.0. The average Bonchev–Trinajstić information content (AvgIpc) is 3.61. The standard InChI is InChI=1S/C43H46/c1-8-9-16-30-21-22-35(27-30)43(32-17-12-10-13-18-32,33-19-14-11-15-20-33)40-38-29-31-28-34(41(2,3)4)23-24-36(31)37(38)25-26-39(40)42(5,6)7/h8,10-15,17-21,23-28H,1,9,16,22,29H2,2-7H3. The second kappa shape index (κ2) is 11.0. The first kappa shape index (κ1) is 29.2. The molecule has 0 fully saturated rings. The first-order chi connectivity index (χ1) is 20.5. The van der Waals surface area contributed by atoms with Crippen molar-refractivity contribution in [3.05, 3.63) is 166 Å². The van der Waals surface area contributed by atoms with E-state index in [0.717, 1.165) is 25.7 Å². The van der Waals surface area contributed by atoms with Gasteiger partial charge in [-0.05, 0) is 92.2 Å². The van der Waals surface area contributed by atoms with E-state index in [0.29, 0.717) is 0 Å². The Kier molecular flexibility index (Phi) is 7.45. The lowest BCUT2D eigenvalue weighted by Crippen LogP contribution is -2.36. The molecule has 0 aliphatic heterocycles. The molecule has 6 rings (SSSR count). The zero-order valence-corrected chi connectivity index (χ0v) is 26.9. The van der Waals surface area contributed by atoms with E-state index >= 15 is 0 Å². The molecule has 2 aliphatic rings. The van der Waals surface area contributed by atoms with Crippen LogP contribution < -0.4 is 0 Å². The van der Waals surface area contributed by atoms with Crippen LogP contribution in [0, 0.1) is 0 Å². The maximum atomic E-state index is 4.00. The number of allylic oxidation sites excluding steroid dienone is 5. The third-order valence-electron chi connectivity index (χ3n) is 9.60. The van der Waals surface area contributed by atoms with Crippen LogP contribution in [0.5, 0.6) is 0 Å². The summed E-state index contributed by atoms with van der Waals surface area (Å²) in [6.07, 6.45) is 11.0. The van der Waals surface area contributed by atoms with Crippen LogP contribution in [0.15, 0.2) is 127 Å². The minimum atomic E-state index is -0.419. The molecule has 43 heavy (non-hydrogen) atoms. The number of fused-ring (bicyclic) bond motifs is 3. The summed E-state index contributed by atoms with van der Waals surface area (Å²) in [5.41, 5.74) is 15.3. The second-order valence-corrected chi connectivity index (χ2v) is 14.5. The van der Waals surface area contributed by atoms with Gasteiger partial charge in [0.15, 0.2) is 0 Å². The zero-order valence-electron chi connectivity index (χ0n) is 26.9. The molecule has 0 saturated heterocycles. The highest BCUT2D eigenvalue weighted by molar-refractivity contribution is 5.82. The van der Waals surface area contributed by atoms with Gasteiger partial charge in [-0.25, -0.2) is 0 Å². The van der Waals surface area contributed by atoms with Gasteiger partial charge in [-0.1, -0.05) is 156 Å². The normalized spacial score (nSPS) is 14.7. The van der Waals surface area contributed by atoms with E-state index in [1.165, 1.54) is 61.2 Å². The lowest BCUT2D eigenvalue weighted by Gasteiger charge is -2.42. The lowest BCUT2D eigenvalue weighted by atomic mass is 9.59. The lowest BCUT2D eigenvalue weighted by molar-refractivity contribution is 0.563. The van der Waals surface area contributed by atoms with Gasteiger partial charge >= 0.3 is 0 Å². The van der Waals surface area contributed by atoms with Crippen LogP contribution in [0.3, 0.4) is 0 Å². The molecule has 0 amide bonds. The predicted octanol–water partition coefficient (Wildman–Crippen LogP) is 11.4. The molecule has 0 nitrogen and oxygen atoms in total. The summed E-state index contributed by atoms with van der Waals surface area (Å²) in [5, 5.41) is 0. The van der Waals surface area contributed by atoms with Gasteiger partial charge in [-0.3, -0.25) is 0 Å².